The molecule has 5 nitrogen and oxygen atoms in total. The summed E-state index contributed by atoms with van der Waals surface area (Å²) < 4.78 is 10.8. The SMILES string of the molecule is COCc1cc(C(=O)NCc2sccc2Br)no1. The first-order chi connectivity index (χ1) is 8.70. The molecule has 2 rings (SSSR count). The van der Waals surface area contributed by atoms with E-state index in [9.17, 15) is 4.79 Å². The van der Waals surface area contributed by atoms with E-state index in [1.54, 1.807) is 24.5 Å². The Labute approximate surface area is 116 Å². The zero-order chi connectivity index (χ0) is 13.0. The van der Waals surface area contributed by atoms with E-state index in [1.807, 2.05) is 11.4 Å². The van der Waals surface area contributed by atoms with Crippen LogP contribution in [-0.2, 0) is 17.9 Å². The molecule has 0 fully saturated rings. The van der Waals surface area contributed by atoms with Gasteiger partial charge in [0.2, 0.25) is 0 Å². The standard InChI is InChI=1S/C11H11BrN2O3S/c1-16-6-7-4-9(14-17-7)11(15)13-5-10-8(12)2-3-18-10/h2-4H,5-6H2,1H3,(H,13,15). The van der Waals surface area contributed by atoms with E-state index in [0.717, 1.165) is 9.35 Å². The summed E-state index contributed by atoms with van der Waals surface area (Å²) in [5.41, 5.74) is 0.259. The summed E-state index contributed by atoms with van der Waals surface area (Å²) in [6.45, 7) is 0.764. The average molecular weight is 331 g/mol. The normalized spacial score (nSPS) is 10.6. The van der Waals surface area contributed by atoms with Gasteiger partial charge in [-0.2, -0.15) is 0 Å². The lowest BCUT2D eigenvalue weighted by Gasteiger charge is -2.00. The van der Waals surface area contributed by atoms with Gasteiger partial charge in [-0.25, -0.2) is 0 Å². The van der Waals surface area contributed by atoms with E-state index in [1.165, 1.54) is 0 Å². The second kappa shape index (κ2) is 6.12. The summed E-state index contributed by atoms with van der Waals surface area (Å²) in [4.78, 5) is 12.8. The first-order valence-corrected chi connectivity index (χ1v) is 6.82. The van der Waals surface area contributed by atoms with Crippen molar-refractivity contribution in [2.24, 2.45) is 0 Å². The lowest BCUT2D eigenvalue weighted by atomic mass is 10.3. The number of amides is 1. The van der Waals surface area contributed by atoms with Gasteiger partial charge in [0.25, 0.3) is 5.91 Å². The minimum absolute atomic E-state index is 0.259. The van der Waals surface area contributed by atoms with Gasteiger partial charge in [0, 0.05) is 22.5 Å². The Morgan fingerprint density at radius 3 is 3.17 bits per heavy atom. The van der Waals surface area contributed by atoms with Crippen LogP contribution in [0.2, 0.25) is 0 Å². The fourth-order valence-corrected chi connectivity index (χ4v) is 2.76. The number of ether oxygens (including phenoxy) is 1. The Balaban J connectivity index is 1.93. The van der Waals surface area contributed by atoms with Gasteiger partial charge >= 0.3 is 0 Å². The number of methoxy groups -OCH3 is 1. The van der Waals surface area contributed by atoms with Crippen LogP contribution in [0.5, 0.6) is 0 Å². The molecular formula is C11H11BrN2O3S. The molecule has 96 valence electrons. The quantitative estimate of drug-likeness (QED) is 0.915. The Kier molecular flexibility index (Phi) is 4.51. The first kappa shape index (κ1) is 13.3. The van der Waals surface area contributed by atoms with E-state index in [-0.39, 0.29) is 11.6 Å². The molecular weight excluding hydrogens is 320 g/mol. The Morgan fingerprint density at radius 1 is 1.67 bits per heavy atom. The molecule has 0 aliphatic carbocycles. The number of rotatable bonds is 5. The van der Waals surface area contributed by atoms with Crippen molar-refractivity contribution >= 4 is 33.2 Å². The summed E-state index contributed by atoms with van der Waals surface area (Å²) in [7, 11) is 1.55. The molecule has 1 N–H and O–H groups in total. The van der Waals surface area contributed by atoms with Gasteiger partial charge in [0.05, 0.1) is 6.54 Å². The summed E-state index contributed by atoms with van der Waals surface area (Å²) in [6, 6.07) is 3.52. The maximum Gasteiger partial charge on any atom is 0.273 e. The number of carbonyl (C=O) groups excluding carboxylic acids is 1. The van der Waals surface area contributed by atoms with Crippen molar-refractivity contribution in [2.45, 2.75) is 13.2 Å². The molecule has 0 aliphatic heterocycles. The fourth-order valence-electron chi connectivity index (χ4n) is 1.33. The van der Waals surface area contributed by atoms with Gasteiger partial charge < -0.3 is 14.6 Å². The highest BCUT2D eigenvalue weighted by Gasteiger charge is 2.12. The van der Waals surface area contributed by atoms with Crippen molar-refractivity contribution in [3.05, 3.63) is 38.3 Å². The zero-order valence-corrected chi connectivity index (χ0v) is 12.0. The molecule has 0 spiro atoms. The third kappa shape index (κ3) is 3.18. The number of thiophene rings is 1. The smallest absolute Gasteiger partial charge is 0.273 e. The van der Waals surface area contributed by atoms with E-state index < -0.39 is 0 Å². The monoisotopic (exact) mass is 330 g/mol. The molecule has 2 aromatic rings. The summed E-state index contributed by atoms with van der Waals surface area (Å²) in [5, 5.41) is 8.41. The summed E-state index contributed by atoms with van der Waals surface area (Å²) >= 11 is 4.98. The predicted molar refractivity (Wildman–Crippen MR) is 70.4 cm³/mol. The van der Waals surface area contributed by atoms with Gasteiger partial charge in [-0.05, 0) is 27.4 Å². The number of nitrogens with one attached hydrogen (secondary N) is 1. The van der Waals surface area contributed by atoms with Crippen LogP contribution < -0.4 is 5.32 Å². The van der Waals surface area contributed by atoms with Crippen LogP contribution in [0.3, 0.4) is 0 Å². The van der Waals surface area contributed by atoms with Crippen molar-refractivity contribution in [1.29, 1.82) is 0 Å². The van der Waals surface area contributed by atoms with Crippen molar-refractivity contribution in [3.63, 3.8) is 0 Å². The molecule has 18 heavy (non-hydrogen) atoms. The van der Waals surface area contributed by atoms with Crippen molar-refractivity contribution < 1.29 is 14.1 Å². The number of carbonyl (C=O) groups is 1. The molecule has 0 bridgehead atoms. The van der Waals surface area contributed by atoms with Crippen LogP contribution in [0.1, 0.15) is 21.1 Å². The van der Waals surface area contributed by atoms with Gasteiger partial charge in [-0.15, -0.1) is 11.3 Å². The lowest BCUT2D eigenvalue weighted by molar-refractivity contribution is 0.0941. The molecule has 0 saturated carbocycles. The van der Waals surface area contributed by atoms with Gasteiger partial charge in [-0.1, -0.05) is 5.16 Å². The zero-order valence-electron chi connectivity index (χ0n) is 9.60. The van der Waals surface area contributed by atoms with Crippen LogP contribution >= 0.6 is 27.3 Å². The third-order valence-corrected chi connectivity index (χ3v) is 4.11. The molecule has 0 aliphatic rings. The highest BCUT2D eigenvalue weighted by molar-refractivity contribution is 9.10. The number of hydrogen-bond acceptors (Lipinski definition) is 5. The number of hydrogen-bond donors (Lipinski definition) is 1. The van der Waals surface area contributed by atoms with E-state index in [0.29, 0.717) is 18.9 Å². The van der Waals surface area contributed by atoms with Crippen LogP contribution in [0.15, 0.2) is 26.5 Å². The molecule has 1 amide bonds. The third-order valence-electron chi connectivity index (χ3n) is 2.18. The topological polar surface area (TPSA) is 64.4 Å². The lowest BCUT2D eigenvalue weighted by Crippen LogP contribution is -2.22. The predicted octanol–water partition coefficient (Wildman–Crippen LogP) is 2.58. The molecule has 2 aromatic heterocycles. The van der Waals surface area contributed by atoms with Crippen molar-refractivity contribution in [1.82, 2.24) is 10.5 Å². The maximum atomic E-state index is 11.8. The Bertz CT molecular complexity index is 538. The van der Waals surface area contributed by atoms with Gasteiger partial charge in [0.15, 0.2) is 11.5 Å². The van der Waals surface area contributed by atoms with Crippen LogP contribution in [0.4, 0.5) is 0 Å². The summed E-state index contributed by atoms with van der Waals surface area (Å²) in [6.07, 6.45) is 0. The van der Waals surface area contributed by atoms with Gasteiger partial charge in [0.1, 0.15) is 6.61 Å². The number of aromatic nitrogens is 1. The number of halogens is 1. The fraction of sp³-hybridized carbons (Fsp3) is 0.273. The minimum Gasteiger partial charge on any atom is -0.377 e. The van der Waals surface area contributed by atoms with E-state index >= 15 is 0 Å². The molecule has 0 radical (unpaired) electrons. The molecule has 0 aromatic carbocycles. The Morgan fingerprint density at radius 2 is 2.50 bits per heavy atom. The van der Waals surface area contributed by atoms with Crippen molar-refractivity contribution in [2.75, 3.05) is 7.11 Å². The van der Waals surface area contributed by atoms with Crippen molar-refractivity contribution in [3.8, 4) is 0 Å². The first-order valence-electron chi connectivity index (χ1n) is 5.15. The Hall–Kier alpha value is -1.18. The van der Waals surface area contributed by atoms with E-state index in [2.05, 4.69) is 26.4 Å². The minimum atomic E-state index is -0.263. The molecule has 7 heteroatoms. The largest absolute Gasteiger partial charge is 0.377 e. The molecule has 2 heterocycles. The number of nitrogens with zero attached hydrogens (tertiary/aromatic N) is 1. The second-order valence-electron chi connectivity index (χ2n) is 3.49. The van der Waals surface area contributed by atoms with Crippen LogP contribution in [0.25, 0.3) is 0 Å². The maximum absolute atomic E-state index is 11.8. The van der Waals surface area contributed by atoms with E-state index in [4.69, 9.17) is 9.26 Å². The molecule has 0 unspecified atom stereocenters. The second-order valence-corrected chi connectivity index (χ2v) is 5.34. The van der Waals surface area contributed by atoms with Crippen LogP contribution in [0, 0.1) is 0 Å². The average Bonchev–Trinajstić information content (AvgIpc) is 2.96. The highest BCUT2D eigenvalue weighted by Crippen LogP contribution is 2.22. The molecule has 0 atom stereocenters. The van der Waals surface area contributed by atoms with Crippen LogP contribution in [-0.4, -0.2) is 18.2 Å². The highest BCUT2D eigenvalue weighted by atomic mass is 79.9. The molecule has 0 saturated heterocycles. The van der Waals surface area contributed by atoms with Gasteiger partial charge in [-0.3, -0.25) is 4.79 Å². The summed E-state index contributed by atoms with van der Waals surface area (Å²) in [5.74, 6) is 0.265.